The van der Waals surface area contributed by atoms with Gasteiger partial charge in [0, 0.05) is 23.8 Å². The number of rotatable bonds is 6. The summed E-state index contributed by atoms with van der Waals surface area (Å²) in [6.45, 7) is 4.78. The minimum Gasteiger partial charge on any atom is -0.489 e. The highest BCUT2D eigenvalue weighted by Gasteiger charge is 2.20. The number of piperidine rings is 1. The highest BCUT2D eigenvalue weighted by atomic mass is 35.5. The van der Waals surface area contributed by atoms with Crippen LogP contribution >= 0.6 is 11.6 Å². The summed E-state index contributed by atoms with van der Waals surface area (Å²) in [4.78, 5) is 14.3. The van der Waals surface area contributed by atoms with Crippen LogP contribution in [0.2, 0.25) is 5.02 Å². The first-order valence-corrected chi connectivity index (χ1v) is 9.47. The van der Waals surface area contributed by atoms with Crippen molar-refractivity contribution in [3.8, 4) is 5.75 Å². The molecule has 0 saturated carbocycles. The molecule has 1 aliphatic heterocycles. The Hall–Kier alpha value is -2.20. The minimum absolute atomic E-state index is 0.166. The summed E-state index contributed by atoms with van der Waals surface area (Å²) in [6, 6.07) is 15.3. The molecular weight excluding hydrogens is 348 g/mol. The van der Waals surface area contributed by atoms with Crippen molar-refractivity contribution in [2.24, 2.45) is 5.92 Å². The SMILES string of the molecule is CC1CCCN(C(=O)CNc2ccc(OCc3ccc(Cl)cc3)cc2)C1. The van der Waals surface area contributed by atoms with Gasteiger partial charge in [-0.3, -0.25) is 4.79 Å². The minimum atomic E-state index is 0.166. The van der Waals surface area contributed by atoms with Crippen molar-refractivity contribution < 1.29 is 9.53 Å². The lowest BCUT2D eigenvalue weighted by Crippen LogP contribution is -2.41. The number of halogens is 1. The Morgan fingerprint density at radius 2 is 1.92 bits per heavy atom. The van der Waals surface area contributed by atoms with Crippen molar-refractivity contribution in [1.82, 2.24) is 4.90 Å². The van der Waals surface area contributed by atoms with Gasteiger partial charge >= 0.3 is 0 Å². The van der Waals surface area contributed by atoms with Crippen LogP contribution in [-0.2, 0) is 11.4 Å². The summed E-state index contributed by atoms with van der Waals surface area (Å²) in [5, 5.41) is 3.92. The first-order valence-electron chi connectivity index (χ1n) is 9.09. The fraction of sp³-hybridized carbons (Fsp3) is 0.381. The lowest BCUT2D eigenvalue weighted by molar-refractivity contribution is -0.130. The van der Waals surface area contributed by atoms with E-state index in [4.69, 9.17) is 16.3 Å². The van der Waals surface area contributed by atoms with Crippen molar-refractivity contribution in [3.05, 3.63) is 59.1 Å². The summed E-state index contributed by atoms with van der Waals surface area (Å²) in [5.74, 6) is 1.56. The summed E-state index contributed by atoms with van der Waals surface area (Å²) in [5.41, 5.74) is 1.99. The van der Waals surface area contributed by atoms with Gasteiger partial charge in [0.05, 0.1) is 6.54 Å². The zero-order chi connectivity index (χ0) is 18.4. The number of benzene rings is 2. The summed E-state index contributed by atoms with van der Waals surface area (Å²) < 4.78 is 5.77. The van der Waals surface area contributed by atoms with Gasteiger partial charge < -0.3 is 15.0 Å². The number of nitrogens with zero attached hydrogens (tertiary/aromatic N) is 1. The smallest absolute Gasteiger partial charge is 0.241 e. The largest absolute Gasteiger partial charge is 0.489 e. The molecule has 0 bridgehead atoms. The number of nitrogens with one attached hydrogen (secondary N) is 1. The Morgan fingerprint density at radius 3 is 2.62 bits per heavy atom. The third-order valence-electron chi connectivity index (χ3n) is 4.63. The molecule has 1 fully saturated rings. The second-order valence-electron chi connectivity index (χ2n) is 6.88. The number of carbonyl (C=O) groups is 1. The molecule has 4 nitrogen and oxygen atoms in total. The number of anilines is 1. The lowest BCUT2D eigenvalue weighted by Gasteiger charge is -2.31. The number of ether oxygens (including phenoxy) is 1. The Kier molecular flexibility index (Phi) is 6.40. The molecule has 2 aromatic rings. The monoisotopic (exact) mass is 372 g/mol. The van der Waals surface area contributed by atoms with E-state index >= 15 is 0 Å². The average Bonchev–Trinajstić information content (AvgIpc) is 2.66. The van der Waals surface area contributed by atoms with E-state index in [9.17, 15) is 4.79 Å². The molecule has 0 aliphatic carbocycles. The van der Waals surface area contributed by atoms with Crippen molar-refractivity contribution in [3.63, 3.8) is 0 Å². The summed E-state index contributed by atoms with van der Waals surface area (Å²) in [7, 11) is 0. The van der Waals surface area contributed by atoms with E-state index in [1.807, 2.05) is 53.4 Å². The lowest BCUT2D eigenvalue weighted by atomic mass is 10.0. The Morgan fingerprint density at radius 1 is 1.19 bits per heavy atom. The van der Waals surface area contributed by atoms with Crippen LogP contribution < -0.4 is 10.1 Å². The fourth-order valence-electron chi connectivity index (χ4n) is 3.12. The molecule has 1 heterocycles. The van der Waals surface area contributed by atoms with Gasteiger partial charge in [0.1, 0.15) is 12.4 Å². The molecule has 1 atom stereocenters. The Labute approximate surface area is 160 Å². The summed E-state index contributed by atoms with van der Waals surface area (Å²) >= 11 is 5.88. The molecule has 1 aliphatic rings. The van der Waals surface area contributed by atoms with Crippen molar-refractivity contribution in [2.45, 2.75) is 26.4 Å². The van der Waals surface area contributed by atoms with E-state index < -0.39 is 0 Å². The molecule has 26 heavy (non-hydrogen) atoms. The van der Waals surface area contributed by atoms with Gasteiger partial charge in [-0.25, -0.2) is 0 Å². The zero-order valence-corrected chi connectivity index (χ0v) is 15.8. The molecule has 1 unspecified atom stereocenters. The third-order valence-corrected chi connectivity index (χ3v) is 4.88. The second-order valence-corrected chi connectivity index (χ2v) is 7.32. The van der Waals surface area contributed by atoms with Crippen LogP contribution in [0.25, 0.3) is 0 Å². The fourth-order valence-corrected chi connectivity index (χ4v) is 3.25. The number of hydrogen-bond acceptors (Lipinski definition) is 3. The highest BCUT2D eigenvalue weighted by Crippen LogP contribution is 2.19. The third kappa shape index (κ3) is 5.40. The van der Waals surface area contributed by atoms with Crippen molar-refractivity contribution in [1.29, 1.82) is 0 Å². The normalized spacial score (nSPS) is 17.0. The Bertz CT molecular complexity index is 716. The van der Waals surface area contributed by atoms with Crippen LogP contribution in [0.15, 0.2) is 48.5 Å². The maximum absolute atomic E-state index is 12.3. The van der Waals surface area contributed by atoms with Gasteiger partial charge in [-0.1, -0.05) is 30.7 Å². The van der Waals surface area contributed by atoms with E-state index in [0.717, 1.165) is 41.5 Å². The molecule has 0 aromatic heterocycles. The van der Waals surface area contributed by atoms with Gasteiger partial charge in [-0.05, 0) is 60.7 Å². The Balaban J connectivity index is 1.45. The van der Waals surface area contributed by atoms with Crippen LogP contribution in [-0.4, -0.2) is 30.4 Å². The van der Waals surface area contributed by atoms with E-state index in [-0.39, 0.29) is 5.91 Å². The number of likely N-dealkylation sites (tertiary alicyclic amines) is 1. The van der Waals surface area contributed by atoms with E-state index in [0.29, 0.717) is 19.1 Å². The molecule has 138 valence electrons. The second kappa shape index (κ2) is 8.95. The predicted octanol–water partition coefficient (Wildman–Crippen LogP) is 4.59. The van der Waals surface area contributed by atoms with Gasteiger partial charge in [-0.2, -0.15) is 0 Å². The quantitative estimate of drug-likeness (QED) is 0.806. The molecule has 5 heteroatoms. The number of amides is 1. The highest BCUT2D eigenvalue weighted by molar-refractivity contribution is 6.30. The molecule has 1 N–H and O–H groups in total. The van der Waals surface area contributed by atoms with Gasteiger partial charge in [-0.15, -0.1) is 0 Å². The van der Waals surface area contributed by atoms with Crippen LogP contribution in [0.4, 0.5) is 5.69 Å². The van der Waals surface area contributed by atoms with Gasteiger partial charge in [0.15, 0.2) is 0 Å². The molecular formula is C21H25ClN2O2. The molecule has 2 aromatic carbocycles. The first kappa shape index (κ1) is 18.6. The topological polar surface area (TPSA) is 41.6 Å². The number of hydrogen-bond donors (Lipinski definition) is 1. The standard InChI is InChI=1S/C21H25ClN2O2/c1-16-3-2-12-24(14-16)21(25)13-23-19-8-10-20(11-9-19)26-15-17-4-6-18(22)7-5-17/h4-11,16,23H,2-3,12-15H2,1H3. The number of carbonyl (C=O) groups excluding carboxylic acids is 1. The molecule has 1 amide bonds. The maximum Gasteiger partial charge on any atom is 0.241 e. The van der Waals surface area contributed by atoms with Crippen LogP contribution in [0.3, 0.4) is 0 Å². The maximum atomic E-state index is 12.3. The van der Waals surface area contributed by atoms with Gasteiger partial charge in [0.2, 0.25) is 5.91 Å². The van der Waals surface area contributed by atoms with Crippen LogP contribution in [0.1, 0.15) is 25.3 Å². The molecule has 0 spiro atoms. The average molecular weight is 373 g/mol. The predicted molar refractivity (Wildman–Crippen MR) is 106 cm³/mol. The van der Waals surface area contributed by atoms with E-state index in [1.165, 1.54) is 6.42 Å². The molecule has 0 radical (unpaired) electrons. The van der Waals surface area contributed by atoms with Crippen LogP contribution in [0.5, 0.6) is 5.75 Å². The van der Waals surface area contributed by atoms with Crippen molar-refractivity contribution in [2.75, 3.05) is 25.0 Å². The first-order chi connectivity index (χ1) is 12.6. The molecule has 3 rings (SSSR count). The van der Waals surface area contributed by atoms with Crippen molar-refractivity contribution >= 4 is 23.2 Å². The van der Waals surface area contributed by atoms with E-state index in [1.54, 1.807) is 0 Å². The van der Waals surface area contributed by atoms with Gasteiger partial charge in [0.25, 0.3) is 0 Å². The zero-order valence-electron chi connectivity index (χ0n) is 15.1. The summed E-state index contributed by atoms with van der Waals surface area (Å²) in [6.07, 6.45) is 2.32. The molecule has 1 saturated heterocycles. The van der Waals surface area contributed by atoms with Crippen LogP contribution in [0, 0.1) is 5.92 Å². The van der Waals surface area contributed by atoms with E-state index in [2.05, 4.69) is 12.2 Å².